The maximum atomic E-state index is 12.3. The molecule has 98 valence electrons. The van der Waals surface area contributed by atoms with Gasteiger partial charge in [-0.15, -0.1) is 10.2 Å². The molecule has 1 saturated heterocycles. The molecular weight excluding hydrogens is 314 g/mol. The third-order valence-corrected chi connectivity index (χ3v) is 5.12. The number of fused-ring (bicyclic) bond motifs is 1. The quantitative estimate of drug-likeness (QED) is 0.830. The van der Waals surface area contributed by atoms with Gasteiger partial charge in [0, 0.05) is 17.9 Å². The molecule has 2 aromatic rings. The fourth-order valence-electron chi connectivity index (χ4n) is 2.61. The van der Waals surface area contributed by atoms with Gasteiger partial charge in [-0.2, -0.15) is 5.21 Å². The molecule has 0 radical (unpaired) electrons. The molecule has 2 aliphatic rings. The second-order valence-electron chi connectivity index (χ2n) is 4.88. The lowest BCUT2D eigenvalue weighted by Gasteiger charge is -2.17. The van der Waals surface area contributed by atoms with E-state index in [0.717, 1.165) is 13.1 Å². The van der Waals surface area contributed by atoms with Gasteiger partial charge in [-0.1, -0.05) is 15.9 Å². The van der Waals surface area contributed by atoms with Crippen LogP contribution in [-0.4, -0.2) is 49.3 Å². The first-order valence-corrected chi connectivity index (χ1v) is 6.92. The Morgan fingerprint density at radius 2 is 2.21 bits per heavy atom. The number of likely N-dealkylation sites (tertiary alicyclic amines) is 1. The van der Waals surface area contributed by atoms with Gasteiger partial charge >= 0.3 is 0 Å². The van der Waals surface area contributed by atoms with Crippen LogP contribution in [0.15, 0.2) is 16.5 Å². The summed E-state index contributed by atoms with van der Waals surface area (Å²) < 4.78 is 5.49. The summed E-state index contributed by atoms with van der Waals surface area (Å²) in [6, 6.07) is 3.34. The molecule has 1 aliphatic heterocycles. The van der Waals surface area contributed by atoms with Crippen molar-refractivity contribution in [1.82, 2.24) is 25.5 Å². The summed E-state index contributed by atoms with van der Waals surface area (Å²) in [5, 5.41) is 13.4. The second kappa shape index (κ2) is 3.89. The molecule has 3 heterocycles. The topological polar surface area (TPSA) is 87.9 Å². The number of hydrogen-bond acceptors (Lipinski definition) is 5. The number of aromatic amines is 1. The number of furan rings is 1. The molecule has 2 aromatic heterocycles. The van der Waals surface area contributed by atoms with E-state index in [1.54, 1.807) is 12.1 Å². The third-order valence-electron chi connectivity index (χ3n) is 3.76. The van der Waals surface area contributed by atoms with Crippen molar-refractivity contribution in [2.24, 2.45) is 11.8 Å². The SMILES string of the molecule is O=C(c1ccc(-c2nn[nH]n2)o1)N1C[C@@H]2C(Br)[C@@H]2C1. The molecule has 4 rings (SSSR count). The first kappa shape index (κ1) is 11.2. The van der Waals surface area contributed by atoms with Crippen LogP contribution < -0.4 is 0 Å². The summed E-state index contributed by atoms with van der Waals surface area (Å²) in [4.78, 5) is 14.7. The lowest BCUT2D eigenvalue weighted by Crippen LogP contribution is -2.31. The number of halogens is 1. The lowest BCUT2D eigenvalue weighted by atomic mass is 10.3. The van der Waals surface area contributed by atoms with Crippen LogP contribution in [0.3, 0.4) is 0 Å². The van der Waals surface area contributed by atoms with Crippen LogP contribution >= 0.6 is 15.9 Å². The van der Waals surface area contributed by atoms with E-state index >= 15 is 0 Å². The van der Waals surface area contributed by atoms with E-state index in [1.807, 2.05) is 4.90 Å². The summed E-state index contributed by atoms with van der Waals surface area (Å²) in [5.41, 5.74) is 0. The number of tetrazole rings is 1. The molecule has 0 spiro atoms. The molecule has 1 aliphatic carbocycles. The summed E-state index contributed by atoms with van der Waals surface area (Å²) in [7, 11) is 0. The smallest absolute Gasteiger partial charge is 0.289 e. The van der Waals surface area contributed by atoms with Crippen molar-refractivity contribution in [2.45, 2.75) is 4.83 Å². The van der Waals surface area contributed by atoms with E-state index in [4.69, 9.17) is 4.42 Å². The summed E-state index contributed by atoms with van der Waals surface area (Å²) in [6.07, 6.45) is 0. The van der Waals surface area contributed by atoms with Crippen LogP contribution in [-0.2, 0) is 0 Å². The lowest BCUT2D eigenvalue weighted by molar-refractivity contribution is 0.0746. The van der Waals surface area contributed by atoms with E-state index in [0.29, 0.717) is 34.0 Å². The zero-order valence-electron chi connectivity index (χ0n) is 9.78. The zero-order chi connectivity index (χ0) is 13.0. The van der Waals surface area contributed by atoms with Crippen molar-refractivity contribution in [3.8, 4) is 11.6 Å². The van der Waals surface area contributed by atoms with Gasteiger partial charge in [-0.05, 0) is 29.2 Å². The molecule has 1 saturated carbocycles. The fourth-order valence-corrected chi connectivity index (χ4v) is 3.56. The second-order valence-corrected chi connectivity index (χ2v) is 5.94. The molecule has 7 nitrogen and oxygen atoms in total. The van der Waals surface area contributed by atoms with Crippen molar-refractivity contribution in [3.05, 3.63) is 17.9 Å². The molecule has 0 aromatic carbocycles. The van der Waals surface area contributed by atoms with Gasteiger partial charge in [0.25, 0.3) is 5.91 Å². The van der Waals surface area contributed by atoms with E-state index in [9.17, 15) is 4.79 Å². The molecule has 19 heavy (non-hydrogen) atoms. The van der Waals surface area contributed by atoms with Gasteiger partial charge in [0.2, 0.25) is 5.82 Å². The number of carbonyl (C=O) groups excluding carboxylic acids is 1. The maximum Gasteiger partial charge on any atom is 0.289 e. The Morgan fingerprint density at radius 3 is 2.89 bits per heavy atom. The Labute approximate surface area is 116 Å². The predicted octanol–water partition coefficient (Wildman–Crippen LogP) is 0.925. The van der Waals surface area contributed by atoms with E-state index in [1.165, 1.54) is 0 Å². The van der Waals surface area contributed by atoms with Crippen LogP contribution in [0.25, 0.3) is 11.6 Å². The third kappa shape index (κ3) is 1.70. The number of piperidine rings is 1. The van der Waals surface area contributed by atoms with Gasteiger partial charge in [0.05, 0.1) is 0 Å². The van der Waals surface area contributed by atoms with Gasteiger partial charge in [-0.3, -0.25) is 4.79 Å². The van der Waals surface area contributed by atoms with Gasteiger partial charge < -0.3 is 9.32 Å². The van der Waals surface area contributed by atoms with Crippen molar-refractivity contribution >= 4 is 21.8 Å². The highest BCUT2D eigenvalue weighted by molar-refractivity contribution is 9.09. The van der Waals surface area contributed by atoms with Crippen molar-refractivity contribution < 1.29 is 9.21 Å². The number of aromatic nitrogens is 4. The normalized spacial score (nSPS) is 28.5. The van der Waals surface area contributed by atoms with Crippen LogP contribution in [0.1, 0.15) is 10.6 Å². The van der Waals surface area contributed by atoms with Crippen LogP contribution in [0.2, 0.25) is 0 Å². The van der Waals surface area contributed by atoms with Gasteiger partial charge in [0.15, 0.2) is 11.5 Å². The van der Waals surface area contributed by atoms with E-state index < -0.39 is 0 Å². The summed E-state index contributed by atoms with van der Waals surface area (Å²) in [6.45, 7) is 1.61. The van der Waals surface area contributed by atoms with Crippen molar-refractivity contribution in [3.63, 3.8) is 0 Å². The zero-order valence-corrected chi connectivity index (χ0v) is 11.4. The first-order valence-electron chi connectivity index (χ1n) is 6.01. The van der Waals surface area contributed by atoms with Gasteiger partial charge in [-0.25, -0.2) is 0 Å². The number of alkyl halides is 1. The highest BCUT2D eigenvalue weighted by Crippen LogP contribution is 2.50. The molecular formula is C11H10BrN5O2. The first-order chi connectivity index (χ1) is 9.24. The number of nitrogens with one attached hydrogen (secondary N) is 1. The standard InChI is InChI=1S/C11H10BrN5O2/c12-9-5-3-17(4-6(5)9)11(18)8-2-1-7(19-8)10-13-15-16-14-10/h1-2,5-6,9H,3-4H2,(H,13,14,15,16)/t5-,6+,9?. The van der Waals surface area contributed by atoms with E-state index in [-0.39, 0.29) is 5.91 Å². The molecule has 1 amide bonds. The molecule has 3 atom stereocenters. The number of rotatable bonds is 2. The Morgan fingerprint density at radius 1 is 1.42 bits per heavy atom. The minimum absolute atomic E-state index is 0.0679. The highest BCUT2D eigenvalue weighted by atomic mass is 79.9. The van der Waals surface area contributed by atoms with Gasteiger partial charge in [0.1, 0.15) is 0 Å². The Balaban J connectivity index is 1.52. The number of hydrogen-bond donors (Lipinski definition) is 1. The maximum absolute atomic E-state index is 12.3. The minimum Gasteiger partial charge on any atom is -0.447 e. The molecule has 8 heteroatoms. The minimum atomic E-state index is -0.0679. The fraction of sp³-hybridized carbons (Fsp3) is 0.455. The Hall–Kier alpha value is -1.70. The molecule has 2 fully saturated rings. The number of carbonyl (C=O) groups is 1. The Kier molecular flexibility index (Phi) is 2.29. The number of H-pyrrole nitrogens is 1. The predicted molar refractivity (Wildman–Crippen MR) is 67.5 cm³/mol. The molecule has 0 bridgehead atoms. The molecule has 1 N–H and O–H groups in total. The van der Waals surface area contributed by atoms with Crippen LogP contribution in [0.5, 0.6) is 0 Å². The van der Waals surface area contributed by atoms with Crippen LogP contribution in [0, 0.1) is 11.8 Å². The Bertz CT molecular complexity index is 613. The summed E-state index contributed by atoms with van der Waals surface area (Å²) >= 11 is 3.60. The average Bonchev–Trinajstić information content (AvgIpc) is 3.02. The summed E-state index contributed by atoms with van der Waals surface area (Å²) in [5.74, 6) is 2.27. The number of nitrogens with zero attached hydrogens (tertiary/aromatic N) is 4. The van der Waals surface area contributed by atoms with E-state index in [2.05, 4.69) is 36.6 Å². The molecule has 1 unspecified atom stereocenters. The van der Waals surface area contributed by atoms with Crippen molar-refractivity contribution in [1.29, 1.82) is 0 Å². The average molecular weight is 324 g/mol. The largest absolute Gasteiger partial charge is 0.447 e. The number of amides is 1. The van der Waals surface area contributed by atoms with Crippen LogP contribution in [0.4, 0.5) is 0 Å². The highest BCUT2D eigenvalue weighted by Gasteiger charge is 2.55. The van der Waals surface area contributed by atoms with Crippen molar-refractivity contribution in [2.75, 3.05) is 13.1 Å². The monoisotopic (exact) mass is 323 g/mol.